The molecule has 0 N–H and O–H groups in total. The summed E-state index contributed by atoms with van der Waals surface area (Å²) in [4.78, 5) is 45.9. The average molecular weight is 540 g/mol. The van der Waals surface area contributed by atoms with Crippen LogP contribution in [0.3, 0.4) is 0 Å². The van der Waals surface area contributed by atoms with E-state index in [1.165, 1.54) is 10.5 Å². The normalized spacial score (nSPS) is 16.8. The number of imide groups is 1. The van der Waals surface area contributed by atoms with Gasteiger partial charge in [-0.2, -0.15) is 0 Å². The second-order valence-electron chi connectivity index (χ2n) is 10.6. The van der Waals surface area contributed by atoms with E-state index in [1.807, 2.05) is 53.4 Å². The van der Waals surface area contributed by atoms with Gasteiger partial charge in [-0.05, 0) is 48.9 Å². The third kappa shape index (κ3) is 6.10. The molecule has 0 aromatic heterocycles. The van der Waals surface area contributed by atoms with E-state index in [0.29, 0.717) is 50.3 Å². The Morgan fingerprint density at radius 2 is 1.65 bits per heavy atom. The number of carbonyl (C=O) groups excluding carboxylic acids is 3. The molecule has 3 aromatic rings. The van der Waals surface area contributed by atoms with Crippen molar-refractivity contribution in [3.63, 3.8) is 0 Å². The fourth-order valence-corrected chi connectivity index (χ4v) is 5.78. The van der Waals surface area contributed by atoms with Gasteiger partial charge in [0.15, 0.2) is 0 Å². The quantitative estimate of drug-likeness (QED) is 0.259. The van der Waals surface area contributed by atoms with E-state index in [2.05, 4.69) is 29.2 Å². The molecule has 0 unspecified atom stereocenters. The van der Waals surface area contributed by atoms with E-state index in [4.69, 9.17) is 4.74 Å². The first kappa shape index (κ1) is 27.6. The molecule has 2 aliphatic rings. The highest BCUT2D eigenvalue weighted by Crippen LogP contribution is 2.34. The minimum absolute atomic E-state index is 0.139. The Labute approximate surface area is 236 Å². The number of carbonyl (C=O) groups is 3. The highest BCUT2D eigenvalue weighted by molar-refractivity contribution is 6.23. The number of ether oxygens (including phenoxy) is 1. The molecule has 0 aliphatic carbocycles. The molecule has 0 radical (unpaired) electrons. The molecule has 0 saturated carbocycles. The highest BCUT2D eigenvalue weighted by atomic mass is 16.5. The van der Waals surface area contributed by atoms with Crippen molar-refractivity contribution in [3.05, 3.63) is 101 Å². The maximum atomic E-state index is 14.0. The molecule has 208 valence electrons. The van der Waals surface area contributed by atoms with Crippen molar-refractivity contribution in [2.45, 2.75) is 32.2 Å². The minimum Gasteiger partial charge on any atom is -0.385 e. The lowest BCUT2D eigenvalue weighted by Crippen LogP contribution is -2.45. The molecule has 1 saturated heterocycles. The maximum absolute atomic E-state index is 14.0. The van der Waals surface area contributed by atoms with Crippen LogP contribution >= 0.6 is 0 Å². The van der Waals surface area contributed by atoms with E-state index >= 15 is 0 Å². The second-order valence-corrected chi connectivity index (χ2v) is 10.6. The standard InChI is InChI=1S/C33H37N3O4/c1-40-22-10-20-36-32(38)28-16-8-17-29(30(28)33(36)39)34-19-9-15-27(24-34)31(37)35(23-26-13-6-3-7-14-26)21-18-25-11-4-2-5-12-25/h2-8,11-14,16-17,27H,9-10,15,18-24H2,1H3/t27-/m0/s1. The van der Waals surface area contributed by atoms with Crippen LogP contribution in [0, 0.1) is 5.92 Å². The van der Waals surface area contributed by atoms with Gasteiger partial charge in [-0.15, -0.1) is 0 Å². The molecular weight excluding hydrogens is 502 g/mol. The van der Waals surface area contributed by atoms with Crippen LogP contribution in [0.1, 0.15) is 51.1 Å². The molecule has 0 spiro atoms. The number of amides is 3. The van der Waals surface area contributed by atoms with Crippen LogP contribution in [0.2, 0.25) is 0 Å². The van der Waals surface area contributed by atoms with Crippen LogP contribution in [0.4, 0.5) is 5.69 Å². The Morgan fingerprint density at radius 1 is 0.925 bits per heavy atom. The first-order valence-electron chi connectivity index (χ1n) is 14.2. The number of hydrogen-bond donors (Lipinski definition) is 0. The number of anilines is 1. The van der Waals surface area contributed by atoms with E-state index in [-0.39, 0.29) is 23.6 Å². The van der Waals surface area contributed by atoms with Crippen LogP contribution < -0.4 is 4.90 Å². The Bertz CT molecular complexity index is 1330. The van der Waals surface area contributed by atoms with E-state index in [0.717, 1.165) is 37.1 Å². The van der Waals surface area contributed by atoms with Crippen molar-refractivity contribution in [2.75, 3.05) is 44.8 Å². The summed E-state index contributed by atoms with van der Waals surface area (Å²) in [6, 6.07) is 25.8. The molecule has 2 aliphatic heterocycles. The first-order chi connectivity index (χ1) is 19.6. The molecule has 7 heteroatoms. The number of fused-ring (bicyclic) bond motifs is 1. The average Bonchev–Trinajstić information content (AvgIpc) is 3.25. The van der Waals surface area contributed by atoms with Gasteiger partial charge in [-0.1, -0.05) is 66.7 Å². The Hall–Kier alpha value is -3.97. The predicted molar refractivity (Wildman–Crippen MR) is 155 cm³/mol. The van der Waals surface area contributed by atoms with Gasteiger partial charge < -0.3 is 14.5 Å². The van der Waals surface area contributed by atoms with Crippen LogP contribution in [0.15, 0.2) is 78.9 Å². The zero-order valence-electron chi connectivity index (χ0n) is 23.1. The molecule has 3 amide bonds. The largest absolute Gasteiger partial charge is 0.385 e. The third-order valence-corrected chi connectivity index (χ3v) is 7.86. The first-order valence-corrected chi connectivity index (χ1v) is 14.2. The lowest BCUT2D eigenvalue weighted by molar-refractivity contribution is -0.136. The van der Waals surface area contributed by atoms with Gasteiger partial charge in [-0.25, -0.2) is 0 Å². The van der Waals surface area contributed by atoms with Gasteiger partial charge in [0.1, 0.15) is 0 Å². The van der Waals surface area contributed by atoms with Crippen molar-refractivity contribution in [1.82, 2.24) is 9.80 Å². The van der Waals surface area contributed by atoms with Gasteiger partial charge in [0, 0.05) is 46.4 Å². The van der Waals surface area contributed by atoms with Gasteiger partial charge >= 0.3 is 0 Å². The maximum Gasteiger partial charge on any atom is 0.263 e. The van der Waals surface area contributed by atoms with Gasteiger partial charge in [0.25, 0.3) is 11.8 Å². The van der Waals surface area contributed by atoms with Crippen LogP contribution in [0.25, 0.3) is 0 Å². The summed E-state index contributed by atoms with van der Waals surface area (Å²) >= 11 is 0. The van der Waals surface area contributed by atoms with Crippen molar-refractivity contribution in [3.8, 4) is 0 Å². The summed E-state index contributed by atoms with van der Waals surface area (Å²) < 4.78 is 5.11. The molecule has 40 heavy (non-hydrogen) atoms. The third-order valence-electron chi connectivity index (χ3n) is 7.86. The topological polar surface area (TPSA) is 70.2 Å². The Morgan fingerprint density at radius 3 is 2.38 bits per heavy atom. The van der Waals surface area contributed by atoms with E-state index < -0.39 is 0 Å². The number of methoxy groups -OCH3 is 1. The van der Waals surface area contributed by atoms with E-state index in [1.54, 1.807) is 13.2 Å². The summed E-state index contributed by atoms with van der Waals surface area (Å²) in [7, 11) is 1.61. The van der Waals surface area contributed by atoms with Gasteiger partial charge in [0.2, 0.25) is 5.91 Å². The smallest absolute Gasteiger partial charge is 0.263 e. The summed E-state index contributed by atoms with van der Waals surface area (Å²) in [6.07, 6.45) is 3.03. The highest BCUT2D eigenvalue weighted by Gasteiger charge is 2.39. The summed E-state index contributed by atoms with van der Waals surface area (Å²) in [5, 5.41) is 0. The SMILES string of the molecule is COCCCN1C(=O)c2cccc(N3CCC[C@H](C(=O)N(CCc4ccccc4)Cc4ccccc4)C3)c2C1=O. The monoisotopic (exact) mass is 539 g/mol. The lowest BCUT2D eigenvalue weighted by Gasteiger charge is -2.37. The van der Waals surface area contributed by atoms with Crippen LogP contribution in [-0.4, -0.2) is 67.4 Å². The zero-order chi connectivity index (χ0) is 27.9. The number of hydrogen-bond acceptors (Lipinski definition) is 5. The number of piperidine rings is 1. The summed E-state index contributed by atoms with van der Waals surface area (Å²) in [5.74, 6) is -0.555. The Balaban J connectivity index is 1.33. The predicted octanol–water partition coefficient (Wildman–Crippen LogP) is 4.81. The van der Waals surface area contributed by atoms with Crippen LogP contribution in [-0.2, 0) is 22.5 Å². The van der Waals surface area contributed by atoms with Crippen molar-refractivity contribution < 1.29 is 19.1 Å². The van der Waals surface area contributed by atoms with Crippen molar-refractivity contribution in [2.24, 2.45) is 5.92 Å². The molecule has 5 rings (SSSR count). The molecule has 2 heterocycles. The molecule has 3 aromatic carbocycles. The summed E-state index contributed by atoms with van der Waals surface area (Å²) in [5.41, 5.74) is 3.97. The fraction of sp³-hybridized carbons (Fsp3) is 0.364. The zero-order valence-corrected chi connectivity index (χ0v) is 23.1. The number of nitrogens with zero attached hydrogens (tertiary/aromatic N) is 3. The molecule has 7 nitrogen and oxygen atoms in total. The molecule has 1 fully saturated rings. The molecular formula is C33H37N3O4. The van der Waals surface area contributed by atoms with Crippen molar-refractivity contribution in [1.29, 1.82) is 0 Å². The van der Waals surface area contributed by atoms with Gasteiger partial charge in [0.05, 0.1) is 22.7 Å². The number of benzene rings is 3. The minimum atomic E-state index is -0.256. The summed E-state index contributed by atoms with van der Waals surface area (Å²) in [6.45, 7) is 3.28. The van der Waals surface area contributed by atoms with E-state index in [9.17, 15) is 14.4 Å². The Kier molecular flexibility index (Phi) is 8.91. The van der Waals surface area contributed by atoms with Gasteiger partial charge in [-0.3, -0.25) is 19.3 Å². The number of rotatable bonds is 11. The lowest BCUT2D eigenvalue weighted by atomic mass is 9.94. The molecule has 0 bridgehead atoms. The van der Waals surface area contributed by atoms with Crippen LogP contribution in [0.5, 0.6) is 0 Å². The van der Waals surface area contributed by atoms with Crippen molar-refractivity contribution >= 4 is 23.4 Å². The second kappa shape index (κ2) is 12.9. The molecule has 1 atom stereocenters. The fourth-order valence-electron chi connectivity index (χ4n) is 5.78.